The van der Waals surface area contributed by atoms with E-state index in [0.717, 1.165) is 26.1 Å². The van der Waals surface area contributed by atoms with Crippen LogP contribution in [0.4, 0.5) is 0 Å². The number of hydrogen-bond acceptors (Lipinski definition) is 4. The zero-order valence-electron chi connectivity index (χ0n) is 10.8. The second-order valence-corrected chi connectivity index (χ2v) is 4.30. The normalized spacial score (nSPS) is 10.7. The molecule has 0 aliphatic carbocycles. The van der Waals surface area contributed by atoms with Crippen molar-refractivity contribution in [3.63, 3.8) is 0 Å². The molecule has 1 aromatic rings. The summed E-state index contributed by atoms with van der Waals surface area (Å²) in [5.41, 5.74) is 0.251. The van der Waals surface area contributed by atoms with Gasteiger partial charge in [-0.25, -0.2) is 4.98 Å². The van der Waals surface area contributed by atoms with Gasteiger partial charge in [0.2, 0.25) is 0 Å². The van der Waals surface area contributed by atoms with Crippen LogP contribution in [0, 0.1) is 0 Å². The van der Waals surface area contributed by atoms with Crippen molar-refractivity contribution in [1.29, 1.82) is 0 Å². The number of aromatic nitrogens is 2. The van der Waals surface area contributed by atoms with Crippen molar-refractivity contribution in [2.75, 3.05) is 26.2 Å². The SMILES string of the molecule is CCCN(CC)CCNC(=O)c1cncc(Cl)n1. The molecule has 6 heteroatoms. The summed E-state index contributed by atoms with van der Waals surface area (Å²) in [6.07, 6.45) is 3.92. The summed E-state index contributed by atoms with van der Waals surface area (Å²) in [4.78, 5) is 21.7. The molecule has 0 atom stereocenters. The van der Waals surface area contributed by atoms with E-state index in [1.54, 1.807) is 0 Å². The predicted octanol–water partition coefficient (Wildman–Crippen LogP) is 1.59. The topological polar surface area (TPSA) is 58.1 Å². The van der Waals surface area contributed by atoms with E-state index in [0.29, 0.717) is 6.54 Å². The first-order valence-electron chi connectivity index (χ1n) is 6.15. The third-order valence-corrected chi connectivity index (χ3v) is 2.72. The van der Waals surface area contributed by atoms with Crippen LogP contribution in [0.1, 0.15) is 30.8 Å². The minimum atomic E-state index is -0.238. The highest BCUT2D eigenvalue weighted by Gasteiger charge is 2.08. The second-order valence-electron chi connectivity index (χ2n) is 3.92. The zero-order valence-corrected chi connectivity index (χ0v) is 11.6. The van der Waals surface area contributed by atoms with Crippen LogP contribution in [-0.4, -0.2) is 47.0 Å². The van der Waals surface area contributed by atoms with Crippen LogP contribution in [0.25, 0.3) is 0 Å². The highest BCUT2D eigenvalue weighted by molar-refractivity contribution is 6.29. The summed E-state index contributed by atoms with van der Waals surface area (Å²) in [6.45, 7) is 7.72. The monoisotopic (exact) mass is 270 g/mol. The number of hydrogen-bond donors (Lipinski definition) is 1. The van der Waals surface area contributed by atoms with E-state index < -0.39 is 0 Å². The third-order valence-electron chi connectivity index (χ3n) is 2.54. The van der Waals surface area contributed by atoms with Gasteiger partial charge in [0.1, 0.15) is 10.8 Å². The summed E-state index contributed by atoms with van der Waals surface area (Å²) in [6, 6.07) is 0. The van der Waals surface area contributed by atoms with Crippen LogP contribution >= 0.6 is 11.6 Å². The van der Waals surface area contributed by atoms with Crippen molar-refractivity contribution >= 4 is 17.5 Å². The fraction of sp³-hybridized carbons (Fsp3) is 0.583. The molecule has 0 aliphatic rings. The first-order valence-corrected chi connectivity index (χ1v) is 6.53. The number of nitrogens with one attached hydrogen (secondary N) is 1. The maximum Gasteiger partial charge on any atom is 0.271 e. The first kappa shape index (κ1) is 14.9. The number of amides is 1. The largest absolute Gasteiger partial charge is 0.349 e. The molecule has 0 spiro atoms. The van der Waals surface area contributed by atoms with Gasteiger partial charge < -0.3 is 10.2 Å². The van der Waals surface area contributed by atoms with Gasteiger partial charge in [-0.05, 0) is 19.5 Å². The molecule has 0 aliphatic heterocycles. The molecule has 0 saturated carbocycles. The van der Waals surface area contributed by atoms with Crippen molar-refractivity contribution in [3.05, 3.63) is 23.2 Å². The fourth-order valence-corrected chi connectivity index (χ4v) is 1.76. The molecule has 1 heterocycles. The van der Waals surface area contributed by atoms with Crippen molar-refractivity contribution < 1.29 is 4.79 Å². The van der Waals surface area contributed by atoms with Gasteiger partial charge in [0.25, 0.3) is 5.91 Å². The quantitative estimate of drug-likeness (QED) is 0.818. The van der Waals surface area contributed by atoms with E-state index in [1.165, 1.54) is 12.4 Å². The number of likely N-dealkylation sites (N-methyl/N-ethyl adjacent to an activating group) is 1. The summed E-state index contributed by atoms with van der Waals surface area (Å²) in [7, 11) is 0. The molecule has 1 aromatic heterocycles. The van der Waals surface area contributed by atoms with E-state index >= 15 is 0 Å². The van der Waals surface area contributed by atoms with E-state index in [2.05, 4.69) is 34.0 Å². The smallest absolute Gasteiger partial charge is 0.271 e. The Kier molecular flexibility index (Phi) is 6.60. The van der Waals surface area contributed by atoms with Crippen molar-refractivity contribution in [2.24, 2.45) is 0 Å². The average Bonchev–Trinajstić information content (AvgIpc) is 2.37. The maximum atomic E-state index is 11.7. The number of carbonyl (C=O) groups excluding carboxylic acids is 1. The third kappa shape index (κ3) is 4.98. The van der Waals surface area contributed by atoms with Crippen molar-refractivity contribution in [3.8, 4) is 0 Å². The Hall–Kier alpha value is -1.20. The number of halogens is 1. The Labute approximate surface area is 113 Å². The van der Waals surface area contributed by atoms with E-state index in [9.17, 15) is 4.79 Å². The molecule has 0 aromatic carbocycles. The van der Waals surface area contributed by atoms with Crippen molar-refractivity contribution in [2.45, 2.75) is 20.3 Å². The summed E-state index contributed by atoms with van der Waals surface area (Å²) in [5, 5.41) is 3.03. The molecule has 0 radical (unpaired) electrons. The Balaban J connectivity index is 2.37. The molecule has 18 heavy (non-hydrogen) atoms. The van der Waals surface area contributed by atoms with Gasteiger partial charge in [0.15, 0.2) is 0 Å². The van der Waals surface area contributed by atoms with Crippen LogP contribution in [0.15, 0.2) is 12.4 Å². The Morgan fingerprint density at radius 3 is 2.78 bits per heavy atom. The average molecular weight is 271 g/mol. The molecule has 5 nitrogen and oxygen atoms in total. The maximum absolute atomic E-state index is 11.7. The van der Waals surface area contributed by atoms with Gasteiger partial charge in [-0.1, -0.05) is 25.4 Å². The molecule has 1 amide bonds. The van der Waals surface area contributed by atoms with Gasteiger partial charge in [0.05, 0.1) is 12.4 Å². The molecule has 0 saturated heterocycles. The van der Waals surface area contributed by atoms with Crippen LogP contribution in [0.2, 0.25) is 5.15 Å². The summed E-state index contributed by atoms with van der Waals surface area (Å²) >= 11 is 5.68. The molecule has 1 rings (SSSR count). The van der Waals surface area contributed by atoms with E-state index in [4.69, 9.17) is 11.6 Å². The molecule has 0 fully saturated rings. The number of carbonyl (C=O) groups is 1. The van der Waals surface area contributed by atoms with Gasteiger partial charge >= 0.3 is 0 Å². The lowest BCUT2D eigenvalue weighted by Gasteiger charge is -2.19. The minimum Gasteiger partial charge on any atom is -0.349 e. The van der Waals surface area contributed by atoms with Crippen molar-refractivity contribution in [1.82, 2.24) is 20.2 Å². The van der Waals surface area contributed by atoms with E-state index in [-0.39, 0.29) is 16.8 Å². The van der Waals surface area contributed by atoms with Crippen LogP contribution in [-0.2, 0) is 0 Å². The first-order chi connectivity index (χ1) is 8.67. The second kappa shape index (κ2) is 8.00. The molecule has 0 bridgehead atoms. The lowest BCUT2D eigenvalue weighted by Crippen LogP contribution is -2.35. The molecule has 100 valence electrons. The minimum absolute atomic E-state index is 0.226. The molecular formula is C12H19ClN4O. The lowest BCUT2D eigenvalue weighted by atomic mass is 10.4. The molecule has 1 N–H and O–H groups in total. The van der Waals surface area contributed by atoms with Crippen LogP contribution < -0.4 is 5.32 Å². The molecular weight excluding hydrogens is 252 g/mol. The van der Waals surface area contributed by atoms with Crippen LogP contribution in [0.5, 0.6) is 0 Å². The van der Waals surface area contributed by atoms with E-state index in [1.807, 2.05) is 0 Å². The van der Waals surface area contributed by atoms with Gasteiger partial charge in [-0.2, -0.15) is 0 Å². The lowest BCUT2D eigenvalue weighted by molar-refractivity contribution is 0.0943. The number of rotatable bonds is 7. The summed E-state index contributed by atoms with van der Waals surface area (Å²) in [5.74, 6) is -0.238. The standard InChI is InChI=1S/C12H19ClN4O/c1-3-6-17(4-2)7-5-15-12(18)10-8-14-9-11(13)16-10/h8-9H,3-7H2,1-2H3,(H,15,18). The van der Waals surface area contributed by atoms with Gasteiger partial charge in [-0.15, -0.1) is 0 Å². The number of nitrogens with zero attached hydrogens (tertiary/aromatic N) is 3. The Bertz CT molecular complexity index is 386. The highest BCUT2D eigenvalue weighted by Crippen LogP contribution is 2.02. The van der Waals surface area contributed by atoms with Gasteiger partial charge in [-0.3, -0.25) is 9.78 Å². The Morgan fingerprint density at radius 2 is 2.17 bits per heavy atom. The van der Waals surface area contributed by atoms with Gasteiger partial charge in [0, 0.05) is 13.1 Å². The zero-order chi connectivity index (χ0) is 13.4. The fourth-order valence-electron chi connectivity index (χ4n) is 1.61. The predicted molar refractivity (Wildman–Crippen MR) is 71.8 cm³/mol. The molecule has 0 unspecified atom stereocenters. The summed E-state index contributed by atoms with van der Waals surface area (Å²) < 4.78 is 0. The van der Waals surface area contributed by atoms with Crippen LogP contribution in [0.3, 0.4) is 0 Å². The highest BCUT2D eigenvalue weighted by atomic mass is 35.5. The Morgan fingerprint density at radius 1 is 1.39 bits per heavy atom.